The number of nitrogens with zero attached hydrogens (tertiary/aromatic N) is 2. The molecule has 0 unspecified atom stereocenters. The smallest absolute Gasteiger partial charge is 0.318 e. The van der Waals surface area contributed by atoms with Crippen LogP contribution >= 0.6 is 0 Å². The first-order valence-electron chi connectivity index (χ1n) is 5.89. The van der Waals surface area contributed by atoms with Gasteiger partial charge in [-0.3, -0.25) is 19.3 Å². The largest absolute Gasteiger partial charge is 0.334 e. The van der Waals surface area contributed by atoms with Crippen LogP contribution in [0.2, 0.25) is 0 Å². The van der Waals surface area contributed by atoms with E-state index in [1.165, 1.54) is 11.8 Å². The van der Waals surface area contributed by atoms with Crippen molar-refractivity contribution in [1.82, 2.24) is 9.80 Å². The molecule has 1 rings (SSSR count). The molecule has 1 heterocycles. The molecule has 1 fully saturated rings. The lowest BCUT2D eigenvalue weighted by atomic mass is 10.1. The van der Waals surface area contributed by atoms with Gasteiger partial charge in [0.1, 0.15) is 0 Å². The van der Waals surface area contributed by atoms with E-state index in [9.17, 15) is 14.4 Å². The number of carbonyl (C=O) groups is 3. The molecule has 0 aromatic rings. The Morgan fingerprint density at radius 2 is 1.76 bits per heavy atom. The van der Waals surface area contributed by atoms with E-state index < -0.39 is 17.7 Å². The fraction of sp³-hybridized carbons (Fsp3) is 0.727. The Morgan fingerprint density at radius 1 is 1.18 bits per heavy atom. The lowest BCUT2D eigenvalue weighted by Gasteiger charge is -2.28. The first-order chi connectivity index (χ1) is 8.07. The molecule has 0 radical (unpaired) electrons. The molecule has 6 heteroatoms. The number of nitrogens with two attached hydrogens (primary N) is 1. The second kappa shape index (κ2) is 6.34. The third-order valence-electron chi connectivity index (χ3n) is 2.80. The molecule has 2 N–H and O–H groups in total. The van der Waals surface area contributed by atoms with Gasteiger partial charge in [0.05, 0.1) is 0 Å². The molecule has 96 valence electrons. The number of hydrogen-bond acceptors (Lipinski definition) is 4. The van der Waals surface area contributed by atoms with Gasteiger partial charge >= 0.3 is 11.8 Å². The maximum Gasteiger partial charge on any atom is 0.318 e. The first kappa shape index (κ1) is 13.6. The number of rotatable bonds is 2. The number of piperidine rings is 1. The van der Waals surface area contributed by atoms with Gasteiger partial charge in [-0.15, -0.1) is 0 Å². The quantitative estimate of drug-likeness (QED) is 0.650. The lowest BCUT2D eigenvalue weighted by Crippen LogP contribution is -2.49. The van der Waals surface area contributed by atoms with Crippen LogP contribution in [0.25, 0.3) is 0 Å². The van der Waals surface area contributed by atoms with Gasteiger partial charge in [-0.2, -0.15) is 0 Å². The third-order valence-corrected chi connectivity index (χ3v) is 2.80. The average Bonchev–Trinajstić information content (AvgIpc) is 2.35. The molecular weight excluding hydrogens is 222 g/mol. The van der Waals surface area contributed by atoms with Gasteiger partial charge in [-0.1, -0.05) is 0 Å². The number of likely N-dealkylation sites (tertiary alicyclic amines) is 1. The summed E-state index contributed by atoms with van der Waals surface area (Å²) in [4.78, 5) is 37.4. The second-order valence-electron chi connectivity index (χ2n) is 4.12. The summed E-state index contributed by atoms with van der Waals surface area (Å²) in [7, 11) is 0. The van der Waals surface area contributed by atoms with Gasteiger partial charge in [-0.05, 0) is 19.3 Å². The highest BCUT2D eigenvalue weighted by atomic mass is 16.2. The van der Waals surface area contributed by atoms with Crippen LogP contribution in [0.4, 0.5) is 0 Å². The molecule has 0 aromatic carbocycles. The van der Waals surface area contributed by atoms with Crippen molar-refractivity contribution in [2.45, 2.75) is 26.2 Å². The van der Waals surface area contributed by atoms with E-state index in [4.69, 9.17) is 5.73 Å². The number of carbonyl (C=O) groups excluding carboxylic acids is 3. The molecule has 6 nitrogen and oxygen atoms in total. The zero-order valence-electron chi connectivity index (χ0n) is 10.1. The topological polar surface area (TPSA) is 83.7 Å². The average molecular weight is 241 g/mol. The van der Waals surface area contributed by atoms with Crippen molar-refractivity contribution in [2.24, 2.45) is 5.73 Å². The van der Waals surface area contributed by atoms with Gasteiger partial charge in [0.15, 0.2) is 0 Å². The predicted molar refractivity (Wildman–Crippen MR) is 61.9 cm³/mol. The minimum Gasteiger partial charge on any atom is -0.334 e. The molecule has 0 aliphatic carbocycles. The third kappa shape index (κ3) is 3.52. The molecular formula is C11H19N3O3. The van der Waals surface area contributed by atoms with E-state index in [-0.39, 0.29) is 13.1 Å². The number of imide groups is 1. The predicted octanol–water partition coefficient (Wildman–Crippen LogP) is -0.667. The Kier molecular flexibility index (Phi) is 5.09. The zero-order chi connectivity index (χ0) is 12.8. The standard InChI is InChI=1S/C11H19N3O3/c1-9(15)14(8-5-12)11(17)10(16)13-6-3-2-4-7-13/h2-8,12H2,1H3. The van der Waals surface area contributed by atoms with Gasteiger partial charge in [-0.25, -0.2) is 0 Å². The van der Waals surface area contributed by atoms with E-state index in [0.29, 0.717) is 13.1 Å². The highest BCUT2D eigenvalue weighted by Crippen LogP contribution is 2.09. The molecule has 0 spiro atoms. The molecule has 0 atom stereocenters. The highest BCUT2D eigenvalue weighted by Gasteiger charge is 2.29. The van der Waals surface area contributed by atoms with Gasteiger partial charge in [0.2, 0.25) is 5.91 Å². The first-order valence-corrected chi connectivity index (χ1v) is 5.89. The molecule has 3 amide bonds. The number of amides is 3. The Balaban J connectivity index is 2.65. The molecule has 0 bridgehead atoms. The minimum absolute atomic E-state index is 0.0910. The maximum atomic E-state index is 11.9. The molecule has 1 aliphatic heterocycles. The summed E-state index contributed by atoms with van der Waals surface area (Å²) in [6, 6.07) is 0. The van der Waals surface area contributed by atoms with E-state index in [1.54, 1.807) is 0 Å². The minimum atomic E-state index is -0.759. The summed E-state index contributed by atoms with van der Waals surface area (Å²) in [6.07, 6.45) is 2.91. The van der Waals surface area contributed by atoms with E-state index in [1.807, 2.05) is 0 Å². The molecule has 1 aliphatic rings. The summed E-state index contributed by atoms with van der Waals surface area (Å²) in [5, 5.41) is 0. The van der Waals surface area contributed by atoms with Crippen molar-refractivity contribution in [3.8, 4) is 0 Å². The Bertz CT molecular complexity index is 311. The molecule has 0 saturated carbocycles. The van der Waals surface area contributed by atoms with Crippen molar-refractivity contribution >= 4 is 17.7 Å². The lowest BCUT2D eigenvalue weighted by molar-refractivity contribution is -0.156. The van der Waals surface area contributed by atoms with Crippen molar-refractivity contribution in [2.75, 3.05) is 26.2 Å². The maximum absolute atomic E-state index is 11.9. The van der Waals surface area contributed by atoms with Gasteiger partial charge in [0, 0.05) is 33.1 Å². The van der Waals surface area contributed by atoms with Crippen molar-refractivity contribution in [3.63, 3.8) is 0 Å². The van der Waals surface area contributed by atoms with E-state index in [0.717, 1.165) is 24.2 Å². The van der Waals surface area contributed by atoms with Crippen LogP contribution in [0.15, 0.2) is 0 Å². The van der Waals surface area contributed by atoms with E-state index >= 15 is 0 Å². The van der Waals surface area contributed by atoms with Crippen LogP contribution in [0.1, 0.15) is 26.2 Å². The van der Waals surface area contributed by atoms with Gasteiger partial charge < -0.3 is 10.6 Å². The van der Waals surface area contributed by atoms with Crippen molar-refractivity contribution in [1.29, 1.82) is 0 Å². The second-order valence-corrected chi connectivity index (χ2v) is 4.12. The van der Waals surface area contributed by atoms with Crippen molar-refractivity contribution < 1.29 is 14.4 Å². The van der Waals surface area contributed by atoms with Crippen LogP contribution in [0, 0.1) is 0 Å². The van der Waals surface area contributed by atoms with E-state index in [2.05, 4.69) is 0 Å². The molecule has 1 saturated heterocycles. The van der Waals surface area contributed by atoms with Crippen LogP contribution in [-0.2, 0) is 14.4 Å². The highest BCUT2D eigenvalue weighted by molar-refractivity contribution is 6.37. The SMILES string of the molecule is CC(=O)N(CCN)C(=O)C(=O)N1CCCCC1. The van der Waals surface area contributed by atoms with Crippen LogP contribution in [-0.4, -0.2) is 53.7 Å². The summed E-state index contributed by atoms with van der Waals surface area (Å²) < 4.78 is 0. The van der Waals surface area contributed by atoms with Crippen LogP contribution in [0.5, 0.6) is 0 Å². The Labute approximate surface area is 101 Å². The van der Waals surface area contributed by atoms with Gasteiger partial charge in [0.25, 0.3) is 0 Å². The Hall–Kier alpha value is -1.43. The summed E-state index contributed by atoms with van der Waals surface area (Å²) in [6.45, 7) is 2.71. The summed E-state index contributed by atoms with van der Waals surface area (Å²) in [5.74, 6) is -1.79. The summed E-state index contributed by atoms with van der Waals surface area (Å²) >= 11 is 0. The molecule has 17 heavy (non-hydrogen) atoms. The fourth-order valence-electron chi connectivity index (χ4n) is 1.88. The summed E-state index contributed by atoms with van der Waals surface area (Å²) in [5.41, 5.74) is 5.31. The zero-order valence-corrected chi connectivity index (χ0v) is 10.1. The Morgan fingerprint density at radius 3 is 2.24 bits per heavy atom. The van der Waals surface area contributed by atoms with Crippen molar-refractivity contribution in [3.05, 3.63) is 0 Å². The van der Waals surface area contributed by atoms with Crippen LogP contribution in [0.3, 0.4) is 0 Å². The monoisotopic (exact) mass is 241 g/mol. The fourth-order valence-corrected chi connectivity index (χ4v) is 1.88. The van der Waals surface area contributed by atoms with Crippen LogP contribution < -0.4 is 5.73 Å². The number of hydrogen-bond donors (Lipinski definition) is 1. The molecule has 0 aromatic heterocycles. The normalized spacial score (nSPS) is 15.5.